The molecule has 13 heavy (non-hydrogen) atoms. The van der Waals surface area contributed by atoms with Crippen molar-refractivity contribution in [1.82, 2.24) is 0 Å². The minimum atomic E-state index is -0.925. The molecule has 2 heteroatoms. The first-order valence-electron chi connectivity index (χ1n) is 4.14. The molecule has 0 aliphatic heterocycles. The molecular weight excluding hydrogens is 164 g/mol. The highest BCUT2D eigenvalue weighted by molar-refractivity contribution is 5.85. The maximum Gasteiger partial charge on any atom is 0.328 e. The first-order valence-corrected chi connectivity index (χ1v) is 4.14. The monoisotopic (exact) mass is 175 g/mol. The van der Waals surface area contributed by atoms with Gasteiger partial charge in [-0.25, -0.2) is 4.79 Å². The Kier molecular flexibility index (Phi) is 3.26. The molecule has 0 amide bonds. The Morgan fingerprint density at radius 3 is 3.08 bits per heavy atom. The Morgan fingerprint density at radius 2 is 2.46 bits per heavy atom. The average Bonchev–Trinajstić information content (AvgIpc) is 2.15. The zero-order valence-corrected chi connectivity index (χ0v) is 7.45. The molecule has 0 saturated carbocycles. The van der Waals surface area contributed by atoms with Gasteiger partial charge in [-0.3, -0.25) is 0 Å². The zero-order valence-electron chi connectivity index (χ0n) is 7.45. The topological polar surface area (TPSA) is 37.3 Å². The summed E-state index contributed by atoms with van der Waals surface area (Å²) in [5.74, 6) is -0.925. The number of aliphatic carboxylic acids is 1. The summed E-state index contributed by atoms with van der Waals surface area (Å²) in [5, 5.41) is 8.41. The zero-order chi connectivity index (χ0) is 9.68. The molecule has 0 fully saturated rings. The second-order valence-electron chi connectivity index (χ2n) is 2.67. The van der Waals surface area contributed by atoms with Crippen molar-refractivity contribution in [2.45, 2.75) is 13.3 Å². The van der Waals surface area contributed by atoms with Gasteiger partial charge in [0.1, 0.15) is 0 Å². The van der Waals surface area contributed by atoms with Crippen LogP contribution >= 0.6 is 0 Å². The van der Waals surface area contributed by atoms with Gasteiger partial charge in [-0.1, -0.05) is 25.1 Å². The SMILES string of the molecule is CCc1[c]ccc(C=CC(=O)O)c1. The van der Waals surface area contributed by atoms with Gasteiger partial charge in [0.2, 0.25) is 0 Å². The Morgan fingerprint density at radius 1 is 1.69 bits per heavy atom. The van der Waals surface area contributed by atoms with Gasteiger partial charge < -0.3 is 5.11 Å². The molecule has 0 aliphatic carbocycles. The van der Waals surface area contributed by atoms with Crippen molar-refractivity contribution in [2.24, 2.45) is 0 Å². The van der Waals surface area contributed by atoms with Gasteiger partial charge in [-0.05, 0) is 29.7 Å². The number of rotatable bonds is 3. The van der Waals surface area contributed by atoms with Crippen LogP contribution in [0.1, 0.15) is 18.1 Å². The van der Waals surface area contributed by atoms with Crippen molar-refractivity contribution >= 4 is 12.0 Å². The summed E-state index contributed by atoms with van der Waals surface area (Å²) in [6.45, 7) is 2.04. The number of aryl methyl sites for hydroxylation is 1. The molecule has 1 aromatic rings. The van der Waals surface area contributed by atoms with E-state index in [9.17, 15) is 4.79 Å². The van der Waals surface area contributed by atoms with E-state index >= 15 is 0 Å². The second kappa shape index (κ2) is 4.45. The highest BCUT2D eigenvalue weighted by atomic mass is 16.4. The lowest BCUT2D eigenvalue weighted by Gasteiger charge is -1.96. The molecule has 1 aromatic carbocycles. The van der Waals surface area contributed by atoms with E-state index in [1.807, 2.05) is 19.1 Å². The number of hydrogen-bond acceptors (Lipinski definition) is 1. The van der Waals surface area contributed by atoms with Crippen molar-refractivity contribution in [3.05, 3.63) is 41.5 Å². The molecule has 0 bridgehead atoms. The van der Waals surface area contributed by atoms with Crippen LogP contribution in [0, 0.1) is 6.07 Å². The molecule has 1 rings (SSSR count). The maximum atomic E-state index is 10.2. The maximum absolute atomic E-state index is 10.2. The smallest absolute Gasteiger partial charge is 0.328 e. The molecule has 0 aromatic heterocycles. The van der Waals surface area contributed by atoms with Crippen LogP contribution in [0.15, 0.2) is 24.3 Å². The Labute approximate surface area is 77.5 Å². The van der Waals surface area contributed by atoms with Crippen molar-refractivity contribution < 1.29 is 9.90 Å². The van der Waals surface area contributed by atoms with E-state index < -0.39 is 5.97 Å². The summed E-state index contributed by atoms with van der Waals surface area (Å²) < 4.78 is 0. The number of carboxylic acid groups (broad SMARTS) is 1. The average molecular weight is 175 g/mol. The Balaban J connectivity index is 2.83. The van der Waals surface area contributed by atoms with Crippen LogP contribution in [-0.4, -0.2) is 11.1 Å². The summed E-state index contributed by atoms with van der Waals surface area (Å²) in [5.41, 5.74) is 1.99. The molecule has 67 valence electrons. The molecule has 0 heterocycles. The van der Waals surface area contributed by atoms with Gasteiger partial charge in [0.15, 0.2) is 0 Å². The number of carboxylic acids is 1. The third-order valence-corrected chi connectivity index (χ3v) is 1.68. The molecular formula is C11H11O2. The largest absolute Gasteiger partial charge is 0.478 e. The van der Waals surface area contributed by atoms with Gasteiger partial charge in [0, 0.05) is 6.08 Å². The van der Waals surface area contributed by atoms with Gasteiger partial charge in [0.25, 0.3) is 0 Å². The highest BCUT2D eigenvalue weighted by Crippen LogP contribution is 2.06. The standard InChI is InChI=1S/C11H11O2/c1-2-9-4-3-5-10(8-9)6-7-11(12)13/h3,5-8H,2H2,1H3,(H,12,13). The van der Waals surface area contributed by atoms with E-state index in [4.69, 9.17) is 5.11 Å². The fourth-order valence-corrected chi connectivity index (χ4v) is 1.01. The first kappa shape index (κ1) is 9.52. The molecule has 0 saturated heterocycles. The lowest BCUT2D eigenvalue weighted by atomic mass is 10.1. The second-order valence-corrected chi connectivity index (χ2v) is 2.67. The third-order valence-electron chi connectivity index (χ3n) is 1.68. The number of carbonyl (C=O) groups is 1. The molecule has 1 N–H and O–H groups in total. The van der Waals surface area contributed by atoms with Gasteiger partial charge >= 0.3 is 5.97 Å². The van der Waals surface area contributed by atoms with Gasteiger partial charge in [-0.2, -0.15) is 0 Å². The van der Waals surface area contributed by atoms with Crippen LogP contribution in [0.2, 0.25) is 0 Å². The van der Waals surface area contributed by atoms with Crippen LogP contribution in [0.3, 0.4) is 0 Å². The Bertz CT molecular complexity index is 327. The van der Waals surface area contributed by atoms with Crippen molar-refractivity contribution in [3.8, 4) is 0 Å². The predicted molar refractivity (Wildman–Crippen MR) is 51.3 cm³/mol. The minimum Gasteiger partial charge on any atom is -0.478 e. The molecule has 0 aliphatic rings. The fraction of sp³-hybridized carbons (Fsp3) is 0.182. The lowest BCUT2D eigenvalue weighted by molar-refractivity contribution is -0.131. The van der Waals surface area contributed by atoms with Crippen LogP contribution in [0.5, 0.6) is 0 Å². The predicted octanol–water partition coefficient (Wildman–Crippen LogP) is 2.15. The molecule has 2 nitrogen and oxygen atoms in total. The quantitative estimate of drug-likeness (QED) is 0.714. The lowest BCUT2D eigenvalue weighted by Crippen LogP contribution is -1.86. The van der Waals surface area contributed by atoms with E-state index in [0.717, 1.165) is 23.6 Å². The minimum absolute atomic E-state index is 0.901. The van der Waals surface area contributed by atoms with Crippen LogP contribution in [0.25, 0.3) is 6.08 Å². The van der Waals surface area contributed by atoms with E-state index in [0.29, 0.717) is 0 Å². The Hall–Kier alpha value is -1.57. The normalized spacial score (nSPS) is 10.5. The number of hydrogen-bond donors (Lipinski definition) is 1. The van der Waals surface area contributed by atoms with Gasteiger partial charge in [0.05, 0.1) is 0 Å². The molecule has 0 atom stereocenters. The van der Waals surface area contributed by atoms with E-state index in [2.05, 4.69) is 6.07 Å². The van der Waals surface area contributed by atoms with E-state index in [-0.39, 0.29) is 0 Å². The number of benzene rings is 1. The van der Waals surface area contributed by atoms with Crippen LogP contribution in [0.4, 0.5) is 0 Å². The molecule has 0 spiro atoms. The van der Waals surface area contributed by atoms with Crippen molar-refractivity contribution in [2.75, 3.05) is 0 Å². The fourth-order valence-electron chi connectivity index (χ4n) is 1.01. The molecule has 0 unspecified atom stereocenters. The highest BCUT2D eigenvalue weighted by Gasteiger charge is 1.91. The van der Waals surface area contributed by atoms with E-state index in [1.165, 1.54) is 0 Å². The summed E-state index contributed by atoms with van der Waals surface area (Å²) in [7, 11) is 0. The third kappa shape index (κ3) is 3.11. The summed E-state index contributed by atoms with van der Waals surface area (Å²) in [4.78, 5) is 10.2. The first-order chi connectivity index (χ1) is 6.22. The van der Waals surface area contributed by atoms with Crippen LogP contribution in [-0.2, 0) is 11.2 Å². The molecule has 1 radical (unpaired) electrons. The van der Waals surface area contributed by atoms with Crippen LogP contribution < -0.4 is 0 Å². The van der Waals surface area contributed by atoms with Gasteiger partial charge in [-0.15, -0.1) is 0 Å². The van der Waals surface area contributed by atoms with Crippen molar-refractivity contribution in [1.29, 1.82) is 0 Å². The van der Waals surface area contributed by atoms with E-state index in [1.54, 1.807) is 12.1 Å². The summed E-state index contributed by atoms with van der Waals surface area (Å²) in [6.07, 6.45) is 3.62. The summed E-state index contributed by atoms with van der Waals surface area (Å²) >= 11 is 0. The summed E-state index contributed by atoms with van der Waals surface area (Å²) in [6, 6.07) is 8.63. The van der Waals surface area contributed by atoms with Crippen molar-refractivity contribution in [3.63, 3.8) is 0 Å².